The summed E-state index contributed by atoms with van der Waals surface area (Å²) in [4.78, 5) is 11.6. The maximum absolute atomic E-state index is 12.9. The molecule has 3 nitrogen and oxygen atoms in total. The number of nitrogens with one attached hydrogen (secondary N) is 2. The average Bonchev–Trinajstić information content (AvgIpc) is 2.79. The molecule has 1 aliphatic heterocycles. The van der Waals surface area contributed by atoms with E-state index in [-0.39, 0.29) is 30.6 Å². The minimum Gasteiger partial charge on any atom is -0.355 e. The van der Waals surface area contributed by atoms with Crippen LogP contribution < -0.4 is 10.6 Å². The van der Waals surface area contributed by atoms with Crippen molar-refractivity contribution in [3.8, 4) is 0 Å². The highest BCUT2D eigenvalue weighted by molar-refractivity contribution is 5.85. The van der Waals surface area contributed by atoms with Gasteiger partial charge in [-0.1, -0.05) is 12.1 Å². The van der Waals surface area contributed by atoms with E-state index in [2.05, 4.69) is 10.6 Å². The summed E-state index contributed by atoms with van der Waals surface area (Å²) in [6.45, 7) is 2.71. The Labute approximate surface area is 113 Å². The average molecular weight is 273 g/mol. The van der Waals surface area contributed by atoms with Crippen molar-refractivity contribution in [3.63, 3.8) is 0 Å². The number of rotatable bonds is 4. The first-order valence-electron chi connectivity index (χ1n) is 5.96. The van der Waals surface area contributed by atoms with Gasteiger partial charge in [0.1, 0.15) is 5.82 Å². The van der Waals surface area contributed by atoms with Crippen molar-refractivity contribution < 1.29 is 9.18 Å². The van der Waals surface area contributed by atoms with E-state index < -0.39 is 0 Å². The molecular formula is C13H18ClFN2O. The van der Waals surface area contributed by atoms with Crippen LogP contribution in [0.15, 0.2) is 24.3 Å². The second-order valence-electron chi connectivity index (χ2n) is 4.47. The molecule has 0 spiro atoms. The number of hydrogen-bond acceptors (Lipinski definition) is 2. The predicted molar refractivity (Wildman–Crippen MR) is 71.3 cm³/mol. The molecule has 1 aromatic rings. The largest absolute Gasteiger partial charge is 0.355 e. The van der Waals surface area contributed by atoms with Gasteiger partial charge in [0.15, 0.2) is 0 Å². The molecule has 1 atom stereocenters. The number of hydrogen-bond donors (Lipinski definition) is 2. The molecule has 0 aliphatic carbocycles. The van der Waals surface area contributed by atoms with Crippen molar-refractivity contribution in [3.05, 3.63) is 35.6 Å². The second kappa shape index (κ2) is 7.34. The van der Waals surface area contributed by atoms with Gasteiger partial charge in [0.2, 0.25) is 5.91 Å². The number of benzene rings is 1. The molecule has 1 aliphatic rings. The molecule has 1 saturated heterocycles. The zero-order valence-corrected chi connectivity index (χ0v) is 10.9. The lowest BCUT2D eigenvalue weighted by Crippen LogP contribution is -2.31. The zero-order chi connectivity index (χ0) is 12.1. The summed E-state index contributed by atoms with van der Waals surface area (Å²) in [6, 6.07) is 6.17. The monoisotopic (exact) mass is 272 g/mol. The third-order valence-electron chi connectivity index (χ3n) is 3.00. The van der Waals surface area contributed by atoms with Gasteiger partial charge in [-0.3, -0.25) is 4.79 Å². The molecule has 5 heteroatoms. The van der Waals surface area contributed by atoms with Crippen LogP contribution in [0.4, 0.5) is 4.39 Å². The van der Waals surface area contributed by atoms with Crippen molar-refractivity contribution in [1.29, 1.82) is 0 Å². The summed E-state index contributed by atoms with van der Waals surface area (Å²) in [7, 11) is 0. The molecule has 0 saturated carbocycles. The fourth-order valence-corrected chi connectivity index (χ4v) is 2.04. The summed E-state index contributed by atoms with van der Waals surface area (Å²) < 4.78 is 12.9. The van der Waals surface area contributed by atoms with Crippen molar-refractivity contribution in [1.82, 2.24) is 10.6 Å². The van der Waals surface area contributed by atoms with Gasteiger partial charge in [-0.15, -0.1) is 12.4 Å². The number of amides is 1. The number of carbonyl (C=O) groups excluding carboxylic acids is 1. The van der Waals surface area contributed by atoms with Gasteiger partial charge in [0.25, 0.3) is 0 Å². The van der Waals surface area contributed by atoms with Gasteiger partial charge in [-0.25, -0.2) is 4.39 Å². The quantitative estimate of drug-likeness (QED) is 0.873. The van der Waals surface area contributed by atoms with Crippen LogP contribution in [0.1, 0.15) is 12.0 Å². The maximum atomic E-state index is 12.9. The first-order chi connectivity index (χ1) is 8.24. The lowest BCUT2D eigenvalue weighted by atomic mass is 10.1. The first-order valence-corrected chi connectivity index (χ1v) is 5.96. The highest BCUT2D eigenvalue weighted by Crippen LogP contribution is 2.06. The van der Waals surface area contributed by atoms with Crippen molar-refractivity contribution in [2.75, 3.05) is 19.6 Å². The third-order valence-corrected chi connectivity index (χ3v) is 3.00. The predicted octanol–water partition coefficient (Wildman–Crippen LogP) is 1.52. The van der Waals surface area contributed by atoms with E-state index in [0.717, 1.165) is 19.5 Å². The summed E-state index contributed by atoms with van der Waals surface area (Å²) in [5.74, 6) is 0.198. The summed E-state index contributed by atoms with van der Waals surface area (Å²) in [5, 5.41) is 6.14. The van der Waals surface area contributed by atoms with Gasteiger partial charge in [0.05, 0.1) is 6.42 Å². The molecule has 0 aromatic heterocycles. The standard InChI is InChI=1S/C13H17FN2O.ClH/c14-12-3-1-2-10(6-12)7-13(17)16-9-11-4-5-15-8-11;/h1-3,6,11,15H,4-5,7-9H2,(H,16,17);1H. The van der Waals surface area contributed by atoms with E-state index in [1.165, 1.54) is 12.1 Å². The summed E-state index contributed by atoms with van der Waals surface area (Å²) in [6.07, 6.45) is 1.36. The Balaban J connectivity index is 0.00000162. The SMILES string of the molecule is Cl.O=C(Cc1cccc(F)c1)NCC1CCNC1. The highest BCUT2D eigenvalue weighted by Gasteiger charge is 2.15. The topological polar surface area (TPSA) is 41.1 Å². The van der Waals surface area contributed by atoms with Crippen LogP contribution in [0.2, 0.25) is 0 Å². The first kappa shape index (κ1) is 14.9. The Morgan fingerprint density at radius 2 is 2.33 bits per heavy atom. The minimum absolute atomic E-state index is 0. The third kappa shape index (κ3) is 4.63. The molecule has 1 aromatic carbocycles. The molecule has 1 fully saturated rings. The number of carbonyl (C=O) groups is 1. The molecule has 0 radical (unpaired) electrons. The molecular weight excluding hydrogens is 255 g/mol. The van der Waals surface area contributed by atoms with Gasteiger partial charge in [-0.05, 0) is 43.1 Å². The zero-order valence-electron chi connectivity index (χ0n) is 10.1. The fraction of sp³-hybridized carbons (Fsp3) is 0.462. The van der Waals surface area contributed by atoms with E-state index in [1.807, 2.05) is 0 Å². The summed E-state index contributed by atoms with van der Waals surface area (Å²) >= 11 is 0. The van der Waals surface area contributed by atoms with Gasteiger partial charge in [-0.2, -0.15) is 0 Å². The van der Waals surface area contributed by atoms with Crippen LogP contribution in [-0.4, -0.2) is 25.5 Å². The van der Waals surface area contributed by atoms with Gasteiger partial charge < -0.3 is 10.6 Å². The van der Waals surface area contributed by atoms with E-state index in [9.17, 15) is 9.18 Å². The maximum Gasteiger partial charge on any atom is 0.224 e. The van der Waals surface area contributed by atoms with Gasteiger partial charge in [0, 0.05) is 6.54 Å². The Bertz CT molecular complexity index is 394. The van der Waals surface area contributed by atoms with Crippen LogP contribution in [-0.2, 0) is 11.2 Å². The molecule has 1 amide bonds. The minimum atomic E-state index is -0.296. The van der Waals surface area contributed by atoms with Crippen molar-refractivity contribution in [2.24, 2.45) is 5.92 Å². The molecule has 2 N–H and O–H groups in total. The van der Waals surface area contributed by atoms with Crippen LogP contribution in [0.5, 0.6) is 0 Å². The second-order valence-corrected chi connectivity index (χ2v) is 4.47. The van der Waals surface area contributed by atoms with Crippen molar-refractivity contribution in [2.45, 2.75) is 12.8 Å². The van der Waals surface area contributed by atoms with E-state index in [1.54, 1.807) is 12.1 Å². The lowest BCUT2D eigenvalue weighted by Gasteiger charge is -2.10. The molecule has 18 heavy (non-hydrogen) atoms. The summed E-state index contributed by atoms with van der Waals surface area (Å²) in [5.41, 5.74) is 0.715. The molecule has 2 rings (SSSR count). The molecule has 1 unspecified atom stereocenters. The smallest absolute Gasteiger partial charge is 0.224 e. The van der Waals surface area contributed by atoms with Crippen LogP contribution in [0.25, 0.3) is 0 Å². The van der Waals surface area contributed by atoms with E-state index in [0.29, 0.717) is 18.0 Å². The Hall–Kier alpha value is -1.13. The fourth-order valence-electron chi connectivity index (χ4n) is 2.04. The Kier molecular flexibility index (Phi) is 6.09. The van der Waals surface area contributed by atoms with E-state index in [4.69, 9.17) is 0 Å². The van der Waals surface area contributed by atoms with Crippen LogP contribution in [0.3, 0.4) is 0 Å². The lowest BCUT2D eigenvalue weighted by molar-refractivity contribution is -0.120. The molecule has 100 valence electrons. The molecule has 1 heterocycles. The van der Waals surface area contributed by atoms with Gasteiger partial charge >= 0.3 is 0 Å². The highest BCUT2D eigenvalue weighted by atomic mass is 35.5. The normalized spacial score (nSPS) is 18.2. The Morgan fingerprint density at radius 3 is 3.00 bits per heavy atom. The van der Waals surface area contributed by atoms with E-state index >= 15 is 0 Å². The molecule has 0 bridgehead atoms. The Morgan fingerprint density at radius 1 is 1.50 bits per heavy atom. The van der Waals surface area contributed by atoms with Crippen LogP contribution >= 0.6 is 12.4 Å². The van der Waals surface area contributed by atoms with Crippen molar-refractivity contribution >= 4 is 18.3 Å². The number of halogens is 2. The van der Waals surface area contributed by atoms with Crippen LogP contribution in [0, 0.1) is 11.7 Å².